The summed E-state index contributed by atoms with van der Waals surface area (Å²) >= 11 is 0. The summed E-state index contributed by atoms with van der Waals surface area (Å²) in [7, 11) is 0. The molecular weight excluding hydrogens is 550 g/mol. The van der Waals surface area contributed by atoms with Crippen LogP contribution in [0.15, 0.2) is 54.9 Å². The van der Waals surface area contributed by atoms with Crippen LogP contribution in [0.25, 0.3) is 10.8 Å². The van der Waals surface area contributed by atoms with Crippen molar-refractivity contribution < 1.29 is 9.47 Å². The van der Waals surface area contributed by atoms with Crippen LogP contribution in [0.1, 0.15) is 55.5 Å². The average Bonchev–Trinajstić information content (AvgIpc) is 3.78. The van der Waals surface area contributed by atoms with Crippen molar-refractivity contribution in [3.05, 3.63) is 71.7 Å². The Morgan fingerprint density at radius 1 is 0.977 bits per heavy atom. The summed E-state index contributed by atoms with van der Waals surface area (Å²) in [5.41, 5.74) is 5.15. The smallest absolute Gasteiger partial charge is 0.318 e. The summed E-state index contributed by atoms with van der Waals surface area (Å²) in [4.78, 5) is 17.9. The third-order valence-electron chi connectivity index (χ3n) is 10.4. The quantitative estimate of drug-likeness (QED) is 0.295. The van der Waals surface area contributed by atoms with Crippen molar-refractivity contribution in [1.29, 1.82) is 0 Å². The van der Waals surface area contributed by atoms with Crippen molar-refractivity contribution in [2.45, 2.75) is 63.6 Å². The van der Waals surface area contributed by atoms with Crippen molar-refractivity contribution in [2.75, 3.05) is 62.3 Å². The SMILES string of the molecule is CCc1cccc2cccc(N3CCc4c(nc(OCC56CCCN5CCC6)nc4N4CCOCC(n5cccn5)C4)C3)c12. The van der Waals surface area contributed by atoms with E-state index in [4.69, 9.17) is 19.4 Å². The number of aromatic nitrogens is 4. The Balaban J connectivity index is 1.15. The van der Waals surface area contributed by atoms with Gasteiger partial charge in [0.2, 0.25) is 0 Å². The van der Waals surface area contributed by atoms with E-state index in [2.05, 4.69) is 63.1 Å². The van der Waals surface area contributed by atoms with E-state index in [1.165, 1.54) is 66.4 Å². The molecule has 9 nitrogen and oxygen atoms in total. The minimum Gasteiger partial charge on any atom is -0.461 e. The van der Waals surface area contributed by atoms with E-state index >= 15 is 0 Å². The maximum absolute atomic E-state index is 6.61. The first-order chi connectivity index (χ1) is 21.7. The normalized spacial score (nSPS) is 21.8. The van der Waals surface area contributed by atoms with E-state index in [9.17, 15) is 0 Å². The number of nitrogens with zero attached hydrogens (tertiary/aromatic N) is 7. The first-order valence-corrected chi connectivity index (χ1v) is 16.6. The standard InChI is InChI=1S/C35H43N7O2/c1-2-26-8-3-9-27-10-4-11-31(32(26)27)39-19-12-29-30(23-39)37-34(44-25-35-13-5-16-41(35)17-6-14-35)38-33(29)40-20-21-43-24-28(22-40)42-18-7-15-36-42/h3-4,7-11,15,18,28H,2,5-6,12-14,16-17,19-25H2,1H3. The number of hydrogen-bond donors (Lipinski definition) is 0. The Kier molecular flexibility index (Phi) is 7.38. The molecule has 230 valence electrons. The maximum Gasteiger partial charge on any atom is 0.318 e. The van der Waals surface area contributed by atoms with Crippen LogP contribution in [0.5, 0.6) is 6.01 Å². The highest BCUT2D eigenvalue weighted by atomic mass is 16.5. The molecule has 2 aromatic heterocycles. The second-order valence-electron chi connectivity index (χ2n) is 12.9. The van der Waals surface area contributed by atoms with Gasteiger partial charge in [0.25, 0.3) is 0 Å². The molecule has 3 saturated heterocycles. The summed E-state index contributed by atoms with van der Waals surface area (Å²) in [5, 5.41) is 7.20. The molecule has 0 radical (unpaired) electrons. The molecule has 4 aliphatic rings. The fourth-order valence-corrected chi connectivity index (χ4v) is 8.18. The summed E-state index contributed by atoms with van der Waals surface area (Å²) in [5.74, 6) is 1.01. The van der Waals surface area contributed by atoms with Crippen molar-refractivity contribution in [3.8, 4) is 6.01 Å². The first kappa shape index (κ1) is 27.8. The zero-order chi connectivity index (χ0) is 29.5. The Morgan fingerprint density at radius 3 is 2.66 bits per heavy atom. The van der Waals surface area contributed by atoms with Gasteiger partial charge in [-0.15, -0.1) is 0 Å². The van der Waals surface area contributed by atoms with Gasteiger partial charge in [-0.3, -0.25) is 9.58 Å². The molecule has 4 aliphatic heterocycles. The fraction of sp³-hybridized carbons (Fsp3) is 0.514. The summed E-state index contributed by atoms with van der Waals surface area (Å²) in [6.07, 6.45) is 10.7. The molecule has 0 N–H and O–H groups in total. The Morgan fingerprint density at radius 2 is 1.84 bits per heavy atom. The van der Waals surface area contributed by atoms with Gasteiger partial charge in [-0.1, -0.05) is 37.3 Å². The molecule has 0 aliphatic carbocycles. The van der Waals surface area contributed by atoms with Gasteiger partial charge >= 0.3 is 6.01 Å². The van der Waals surface area contributed by atoms with Crippen molar-refractivity contribution >= 4 is 22.3 Å². The first-order valence-electron chi connectivity index (χ1n) is 16.6. The van der Waals surface area contributed by atoms with Crippen molar-refractivity contribution in [3.63, 3.8) is 0 Å². The van der Waals surface area contributed by atoms with Gasteiger partial charge in [0, 0.05) is 48.7 Å². The van der Waals surface area contributed by atoms with Crippen molar-refractivity contribution in [1.82, 2.24) is 24.6 Å². The molecule has 6 heterocycles. The minimum absolute atomic E-state index is 0.121. The molecular formula is C35H43N7O2. The predicted octanol–water partition coefficient (Wildman–Crippen LogP) is 5.04. The Bertz CT molecular complexity index is 1610. The highest BCUT2D eigenvalue weighted by Gasteiger charge is 2.45. The molecule has 0 bridgehead atoms. The van der Waals surface area contributed by atoms with E-state index in [0.717, 1.165) is 50.5 Å². The van der Waals surface area contributed by atoms with Gasteiger partial charge in [0.1, 0.15) is 12.4 Å². The fourth-order valence-electron chi connectivity index (χ4n) is 8.18. The lowest BCUT2D eigenvalue weighted by atomic mass is 9.95. The highest BCUT2D eigenvalue weighted by Crippen LogP contribution is 2.40. The summed E-state index contributed by atoms with van der Waals surface area (Å²) in [6, 6.07) is 16.0. The third-order valence-corrected chi connectivity index (χ3v) is 10.4. The monoisotopic (exact) mass is 593 g/mol. The van der Waals surface area contributed by atoms with Crippen LogP contribution in [-0.2, 0) is 24.1 Å². The number of fused-ring (bicyclic) bond motifs is 3. The highest BCUT2D eigenvalue weighted by molar-refractivity contribution is 5.97. The molecule has 1 atom stereocenters. The van der Waals surface area contributed by atoms with Crippen LogP contribution >= 0.6 is 0 Å². The molecule has 0 saturated carbocycles. The second-order valence-corrected chi connectivity index (χ2v) is 12.9. The topological polar surface area (TPSA) is 71.8 Å². The van der Waals surface area contributed by atoms with Gasteiger partial charge in [-0.05, 0) is 74.7 Å². The Labute approximate surface area is 259 Å². The Hall–Kier alpha value is -3.69. The number of rotatable bonds is 7. The summed E-state index contributed by atoms with van der Waals surface area (Å²) in [6.45, 7) is 9.81. The van der Waals surface area contributed by atoms with E-state index in [1.54, 1.807) is 0 Å². The molecule has 44 heavy (non-hydrogen) atoms. The number of benzene rings is 2. The van der Waals surface area contributed by atoms with E-state index < -0.39 is 0 Å². The predicted molar refractivity (Wildman–Crippen MR) is 173 cm³/mol. The van der Waals surface area contributed by atoms with Crippen LogP contribution in [0.2, 0.25) is 0 Å². The van der Waals surface area contributed by atoms with E-state index in [-0.39, 0.29) is 11.6 Å². The average molecular weight is 594 g/mol. The molecule has 9 heteroatoms. The van der Waals surface area contributed by atoms with Gasteiger partial charge in [-0.25, -0.2) is 0 Å². The lowest BCUT2D eigenvalue weighted by Gasteiger charge is -2.35. The lowest BCUT2D eigenvalue weighted by Crippen LogP contribution is -2.43. The molecule has 3 fully saturated rings. The zero-order valence-electron chi connectivity index (χ0n) is 25.8. The van der Waals surface area contributed by atoms with E-state index in [1.807, 2.05) is 23.1 Å². The van der Waals surface area contributed by atoms with Crippen molar-refractivity contribution in [2.24, 2.45) is 0 Å². The zero-order valence-corrected chi connectivity index (χ0v) is 25.8. The van der Waals surface area contributed by atoms with Crippen LogP contribution < -0.4 is 14.5 Å². The van der Waals surface area contributed by atoms with Gasteiger partial charge in [-0.2, -0.15) is 15.1 Å². The molecule has 0 spiro atoms. The van der Waals surface area contributed by atoms with Crippen LogP contribution in [0.4, 0.5) is 11.5 Å². The second kappa shape index (κ2) is 11.7. The van der Waals surface area contributed by atoms with Crippen LogP contribution in [0, 0.1) is 0 Å². The molecule has 2 aromatic carbocycles. The van der Waals surface area contributed by atoms with Gasteiger partial charge in [0.15, 0.2) is 0 Å². The van der Waals surface area contributed by atoms with Gasteiger partial charge in [0.05, 0.1) is 37.0 Å². The van der Waals surface area contributed by atoms with E-state index in [0.29, 0.717) is 25.8 Å². The summed E-state index contributed by atoms with van der Waals surface area (Å²) < 4.78 is 14.7. The molecule has 8 rings (SSSR count). The van der Waals surface area contributed by atoms with Gasteiger partial charge < -0.3 is 19.3 Å². The minimum atomic E-state index is 0.121. The lowest BCUT2D eigenvalue weighted by molar-refractivity contribution is 0.107. The van der Waals surface area contributed by atoms with Crippen LogP contribution in [0.3, 0.4) is 0 Å². The molecule has 4 aromatic rings. The number of ether oxygens (including phenoxy) is 2. The molecule has 0 amide bonds. The molecule has 1 unspecified atom stereocenters. The third kappa shape index (κ3) is 5.00. The number of anilines is 2. The number of aryl methyl sites for hydroxylation is 1. The largest absolute Gasteiger partial charge is 0.461 e. The maximum atomic E-state index is 6.61. The van der Waals surface area contributed by atoms with Crippen LogP contribution in [-0.4, -0.2) is 82.7 Å². The number of hydrogen-bond acceptors (Lipinski definition) is 8.